The van der Waals surface area contributed by atoms with E-state index < -0.39 is 11.5 Å². The number of H-pyrrole nitrogens is 1. The fourth-order valence-electron chi connectivity index (χ4n) is 6.15. The third-order valence-electron chi connectivity index (χ3n) is 8.52. The third kappa shape index (κ3) is 7.64. The topological polar surface area (TPSA) is 114 Å². The van der Waals surface area contributed by atoms with Gasteiger partial charge in [0, 0.05) is 53.4 Å². The summed E-state index contributed by atoms with van der Waals surface area (Å²) >= 11 is 7.89. The minimum atomic E-state index is -0.505. The molecule has 1 aliphatic rings. The van der Waals surface area contributed by atoms with Crippen LogP contribution in [0.4, 0.5) is 9.52 Å². The van der Waals surface area contributed by atoms with Gasteiger partial charge in [-0.15, -0.1) is 11.3 Å². The Morgan fingerprint density at radius 2 is 2.02 bits per heavy atom. The van der Waals surface area contributed by atoms with Gasteiger partial charge in [-0.3, -0.25) is 4.57 Å². The van der Waals surface area contributed by atoms with Gasteiger partial charge in [-0.2, -0.15) is 4.98 Å². The second-order valence-electron chi connectivity index (χ2n) is 12.0. The number of halogens is 2. The molecule has 236 valence electrons. The summed E-state index contributed by atoms with van der Waals surface area (Å²) in [5, 5.41) is 11.0. The Hall–Kier alpha value is -3.57. The van der Waals surface area contributed by atoms with Gasteiger partial charge in [-0.25, -0.2) is 14.2 Å². The minimum Gasteiger partial charge on any atom is -0.361 e. The normalized spacial score (nSPS) is 17.8. The third-order valence-corrected chi connectivity index (χ3v) is 9.52. The standard InChI is InChI=1S/C34H39ClFN7OS/c1-21(37)5-4-6-22-17-27(31(36)28(35)18-22)30-19-24-20-43(34(44)42-32(24)41-30)26-11-9-23(10-12-26)29-8-3-2-7-25(40-29)13-14-38-33-39-15-16-45-33/h9-12,15-21,25,29,40H,2-8,13-14,37H2,1H3,(H,38,39)(H,41,42,44)/t21-,25-,29-/m0/s1. The van der Waals surface area contributed by atoms with Crippen LogP contribution in [0.2, 0.25) is 5.02 Å². The zero-order valence-electron chi connectivity index (χ0n) is 25.4. The van der Waals surface area contributed by atoms with E-state index in [4.69, 9.17) is 17.3 Å². The molecule has 5 aromatic rings. The first-order chi connectivity index (χ1) is 21.8. The van der Waals surface area contributed by atoms with Crippen molar-refractivity contribution in [1.29, 1.82) is 0 Å². The van der Waals surface area contributed by atoms with Crippen molar-refractivity contribution in [1.82, 2.24) is 24.8 Å². The van der Waals surface area contributed by atoms with Gasteiger partial charge in [0.1, 0.15) is 5.65 Å². The summed E-state index contributed by atoms with van der Waals surface area (Å²) in [5.41, 5.74) is 9.63. The number of fused-ring (bicyclic) bond motifs is 1. The molecule has 0 spiro atoms. The van der Waals surface area contributed by atoms with E-state index in [1.165, 1.54) is 23.0 Å². The summed E-state index contributed by atoms with van der Waals surface area (Å²) in [4.78, 5) is 24.8. The number of nitrogens with one attached hydrogen (secondary N) is 3. The monoisotopic (exact) mass is 647 g/mol. The van der Waals surface area contributed by atoms with E-state index in [0.717, 1.165) is 61.5 Å². The van der Waals surface area contributed by atoms with Gasteiger partial charge < -0.3 is 21.4 Å². The lowest BCUT2D eigenvalue weighted by Gasteiger charge is -2.23. The van der Waals surface area contributed by atoms with Crippen LogP contribution in [-0.2, 0) is 6.42 Å². The Kier molecular flexibility index (Phi) is 9.94. The number of benzene rings is 2. The van der Waals surface area contributed by atoms with Crippen LogP contribution in [0.1, 0.15) is 69.0 Å². The minimum absolute atomic E-state index is 0.0661. The molecule has 0 unspecified atom stereocenters. The molecular weight excluding hydrogens is 609 g/mol. The summed E-state index contributed by atoms with van der Waals surface area (Å²) < 4.78 is 16.7. The molecule has 8 nitrogen and oxygen atoms in total. The lowest BCUT2D eigenvalue weighted by molar-refractivity contribution is 0.425. The molecule has 4 heterocycles. The fourth-order valence-corrected chi connectivity index (χ4v) is 6.95. The number of nitrogens with two attached hydrogens (primary N) is 1. The van der Waals surface area contributed by atoms with Gasteiger partial charge in [-0.05, 0) is 86.9 Å². The first-order valence-electron chi connectivity index (χ1n) is 15.7. The van der Waals surface area contributed by atoms with Crippen molar-refractivity contribution in [3.05, 3.63) is 92.7 Å². The van der Waals surface area contributed by atoms with E-state index in [-0.39, 0.29) is 17.1 Å². The Bertz CT molecular complexity index is 1790. The van der Waals surface area contributed by atoms with Gasteiger partial charge in [0.2, 0.25) is 0 Å². The smallest absolute Gasteiger partial charge is 0.354 e. The van der Waals surface area contributed by atoms with Crippen LogP contribution in [-0.4, -0.2) is 38.1 Å². The maximum Gasteiger partial charge on any atom is 0.354 e. The highest BCUT2D eigenvalue weighted by atomic mass is 35.5. The van der Waals surface area contributed by atoms with Crippen molar-refractivity contribution in [3.8, 4) is 16.9 Å². The average Bonchev–Trinajstić information content (AvgIpc) is 3.63. The lowest BCUT2D eigenvalue weighted by Crippen LogP contribution is -2.32. The Balaban J connectivity index is 1.18. The molecule has 2 aromatic carbocycles. The molecule has 45 heavy (non-hydrogen) atoms. The molecule has 1 fully saturated rings. The predicted octanol–water partition coefficient (Wildman–Crippen LogP) is 7.38. The Morgan fingerprint density at radius 3 is 2.80 bits per heavy atom. The van der Waals surface area contributed by atoms with Crippen LogP contribution in [0.5, 0.6) is 0 Å². The number of hydrogen-bond acceptors (Lipinski definition) is 7. The summed E-state index contributed by atoms with van der Waals surface area (Å²) in [6.07, 6.45) is 11.7. The second-order valence-corrected chi connectivity index (χ2v) is 13.3. The van der Waals surface area contributed by atoms with E-state index >= 15 is 4.39 Å². The quantitative estimate of drug-likeness (QED) is 0.119. The highest BCUT2D eigenvalue weighted by Gasteiger charge is 2.21. The second kappa shape index (κ2) is 14.2. The van der Waals surface area contributed by atoms with Crippen LogP contribution in [0.3, 0.4) is 0 Å². The van der Waals surface area contributed by atoms with Crippen LogP contribution < -0.4 is 22.1 Å². The van der Waals surface area contributed by atoms with Crippen LogP contribution in [0.15, 0.2) is 65.0 Å². The zero-order valence-corrected chi connectivity index (χ0v) is 26.9. The van der Waals surface area contributed by atoms with Crippen molar-refractivity contribution in [2.75, 3.05) is 11.9 Å². The molecule has 3 aromatic heterocycles. The van der Waals surface area contributed by atoms with Crippen molar-refractivity contribution < 1.29 is 4.39 Å². The van der Waals surface area contributed by atoms with E-state index in [2.05, 4.69) is 37.7 Å². The molecule has 0 saturated carbocycles. The number of aryl methyl sites for hydroxylation is 1. The summed E-state index contributed by atoms with van der Waals surface area (Å²) in [6.45, 7) is 2.86. The largest absolute Gasteiger partial charge is 0.361 e. The summed E-state index contributed by atoms with van der Waals surface area (Å²) in [6, 6.07) is 14.2. The molecule has 11 heteroatoms. The molecule has 3 atom stereocenters. The van der Waals surface area contributed by atoms with E-state index in [9.17, 15) is 4.79 Å². The summed E-state index contributed by atoms with van der Waals surface area (Å²) in [7, 11) is 0. The first kappa shape index (κ1) is 31.4. The molecule has 0 amide bonds. The molecule has 1 aliphatic heterocycles. The number of aromatic amines is 1. The lowest BCUT2D eigenvalue weighted by atomic mass is 10.0. The first-order valence-corrected chi connectivity index (χ1v) is 17.0. The van der Waals surface area contributed by atoms with Crippen LogP contribution in [0.25, 0.3) is 28.0 Å². The molecular formula is C34H39ClFN7OS. The molecule has 0 radical (unpaired) electrons. The van der Waals surface area contributed by atoms with Crippen molar-refractivity contribution in [2.24, 2.45) is 5.73 Å². The van der Waals surface area contributed by atoms with Gasteiger partial charge >= 0.3 is 5.69 Å². The fraction of sp³-hybridized carbons (Fsp3) is 0.382. The molecule has 1 saturated heterocycles. The number of thiazole rings is 1. The molecule has 0 aliphatic carbocycles. The van der Waals surface area contributed by atoms with Crippen LogP contribution in [0, 0.1) is 5.82 Å². The Morgan fingerprint density at radius 1 is 1.20 bits per heavy atom. The number of rotatable bonds is 11. The Labute approximate surface area is 271 Å². The highest BCUT2D eigenvalue weighted by molar-refractivity contribution is 7.13. The number of aromatic nitrogens is 4. The summed E-state index contributed by atoms with van der Waals surface area (Å²) in [5.74, 6) is -0.505. The zero-order chi connectivity index (χ0) is 31.3. The van der Waals surface area contributed by atoms with Gasteiger partial charge in [0.15, 0.2) is 10.9 Å². The predicted molar refractivity (Wildman–Crippen MR) is 182 cm³/mol. The van der Waals surface area contributed by atoms with E-state index in [1.807, 2.05) is 42.8 Å². The van der Waals surface area contributed by atoms with E-state index in [0.29, 0.717) is 28.3 Å². The van der Waals surface area contributed by atoms with Crippen LogP contribution >= 0.6 is 22.9 Å². The van der Waals surface area contributed by atoms with Gasteiger partial charge in [-0.1, -0.05) is 36.6 Å². The highest BCUT2D eigenvalue weighted by Crippen LogP contribution is 2.32. The van der Waals surface area contributed by atoms with Crippen molar-refractivity contribution in [3.63, 3.8) is 0 Å². The maximum absolute atomic E-state index is 15.2. The molecule has 5 N–H and O–H groups in total. The number of nitrogens with zero attached hydrogens (tertiary/aromatic N) is 3. The average molecular weight is 648 g/mol. The van der Waals surface area contributed by atoms with E-state index in [1.54, 1.807) is 23.6 Å². The number of anilines is 1. The maximum atomic E-state index is 15.2. The van der Waals surface area contributed by atoms with Crippen molar-refractivity contribution in [2.45, 2.75) is 76.4 Å². The van der Waals surface area contributed by atoms with Gasteiger partial charge in [0.05, 0.1) is 16.4 Å². The van der Waals surface area contributed by atoms with Gasteiger partial charge in [0.25, 0.3) is 0 Å². The van der Waals surface area contributed by atoms with Crippen molar-refractivity contribution >= 4 is 39.1 Å². The molecule has 6 rings (SSSR count). The SMILES string of the molecule is C[C@H](N)CCCc1cc(Cl)c(F)c(-c2cc3cn(-c4ccc([C@@H]5CCCC[C@@H](CCNc6nccs6)N5)cc4)c(=O)nc3[nH]2)c1. The number of hydrogen-bond donors (Lipinski definition) is 4. The molecule has 0 bridgehead atoms.